The smallest absolute Gasteiger partial charge is 0.410 e. The zero-order chi connectivity index (χ0) is 20.8. The maximum absolute atomic E-state index is 12.9. The van der Waals surface area contributed by atoms with Gasteiger partial charge in [-0.1, -0.05) is 60.1 Å². The van der Waals surface area contributed by atoms with Crippen LogP contribution in [0.1, 0.15) is 30.1 Å². The minimum absolute atomic E-state index is 0.250. The lowest BCUT2D eigenvalue weighted by atomic mass is 9.90. The average Bonchev–Trinajstić information content (AvgIpc) is 3.28. The largest absolute Gasteiger partial charge is 0.439 e. The number of hydrogen-bond acceptors (Lipinski definition) is 5. The molecule has 0 spiro atoms. The Balaban J connectivity index is 1.37. The number of rotatable bonds is 6. The minimum atomic E-state index is -0.595. The molecule has 1 amide bonds. The fourth-order valence-corrected chi connectivity index (χ4v) is 4.08. The number of carbonyl (C=O) groups excluding carboxylic acids is 1. The van der Waals surface area contributed by atoms with Crippen molar-refractivity contribution in [2.24, 2.45) is 5.92 Å². The molecule has 3 aromatic rings. The number of tetrazole rings is 1. The van der Waals surface area contributed by atoms with E-state index in [0.717, 1.165) is 24.8 Å². The molecule has 1 aliphatic rings. The van der Waals surface area contributed by atoms with Crippen LogP contribution in [0.15, 0.2) is 60.9 Å². The van der Waals surface area contributed by atoms with Crippen LogP contribution < -0.4 is 0 Å². The highest BCUT2D eigenvalue weighted by Crippen LogP contribution is 2.28. The Morgan fingerprint density at radius 2 is 1.83 bits per heavy atom. The maximum Gasteiger partial charge on any atom is 0.410 e. The second-order valence-corrected chi connectivity index (χ2v) is 7.91. The van der Waals surface area contributed by atoms with Gasteiger partial charge < -0.3 is 9.64 Å². The quantitative estimate of drug-likeness (QED) is 0.592. The Bertz CT molecular complexity index is 943. The molecule has 30 heavy (non-hydrogen) atoms. The number of hydrogen-bond donors (Lipinski definition) is 0. The SMILES string of the molecule is O=C(OC(Cn1ncnn1)c1ccccc1Cl)N1CCC(Cc2ccccc2)CC1. The molecular weight excluding hydrogens is 402 g/mol. The van der Waals surface area contributed by atoms with Gasteiger partial charge in [-0.15, -0.1) is 10.2 Å². The third-order valence-corrected chi connectivity index (χ3v) is 5.80. The summed E-state index contributed by atoms with van der Waals surface area (Å²) in [5.74, 6) is 0.579. The monoisotopic (exact) mass is 425 g/mol. The summed E-state index contributed by atoms with van der Waals surface area (Å²) in [6.07, 6.45) is 3.39. The van der Waals surface area contributed by atoms with E-state index in [1.165, 1.54) is 16.7 Å². The lowest BCUT2D eigenvalue weighted by molar-refractivity contribution is 0.0420. The molecule has 1 unspecified atom stereocenters. The number of piperidine rings is 1. The Kier molecular flexibility index (Phi) is 6.59. The number of likely N-dealkylation sites (tertiary alicyclic amines) is 1. The Hall–Kier alpha value is -2.93. The third-order valence-electron chi connectivity index (χ3n) is 5.46. The van der Waals surface area contributed by atoms with Crippen LogP contribution in [0, 0.1) is 5.92 Å². The van der Waals surface area contributed by atoms with E-state index in [2.05, 4.69) is 39.7 Å². The van der Waals surface area contributed by atoms with Crippen molar-refractivity contribution in [1.82, 2.24) is 25.1 Å². The van der Waals surface area contributed by atoms with Gasteiger partial charge in [0.05, 0.1) is 0 Å². The normalized spacial score (nSPS) is 15.7. The van der Waals surface area contributed by atoms with E-state index in [4.69, 9.17) is 16.3 Å². The molecule has 2 aromatic carbocycles. The predicted molar refractivity (Wildman–Crippen MR) is 113 cm³/mol. The molecule has 7 nitrogen and oxygen atoms in total. The molecule has 2 heterocycles. The molecule has 0 saturated carbocycles. The van der Waals surface area contributed by atoms with Crippen molar-refractivity contribution >= 4 is 17.7 Å². The average molecular weight is 426 g/mol. The number of carbonyl (C=O) groups is 1. The lowest BCUT2D eigenvalue weighted by Crippen LogP contribution is -2.40. The van der Waals surface area contributed by atoms with Gasteiger partial charge in [-0.25, -0.2) is 4.79 Å². The Morgan fingerprint density at radius 1 is 1.10 bits per heavy atom. The van der Waals surface area contributed by atoms with Crippen LogP contribution in [0.2, 0.25) is 5.02 Å². The van der Waals surface area contributed by atoms with Crippen LogP contribution in [-0.2, 0) is 17.7 Å². The Labute approximate surface area is 180 Å². The molecular formula is C22H24ClN5O2. The van der Waals surface area contributed by atoms with Crippen LogP contribution in [0.25, 0.3) is 0 Å². The predicted octanol–water partition coefficient (Wildman–Crippen LogP) is 4.16. The molecule has 8 heteroatoms. The lowest BCUT2D eigenvalue weighted by Gasteiger charge is -2.32. The molecule has 0 radical (unpaired) electrons. The van der Waals surface area contributed by atoms with Gasteiger partial charge in [0.2, 0.25) is 0 Å². The van der Waals surface area contributed by atoms with E-state index in [1.807, 2.05) is 24.3 Å². The van der Waals surface area contributed by atoms with Crippen molar-refractivity contribution in [3.05, 3.63) is 77.1 Å². The molecule has 1 aromatic heterocycles. The van der Waals surface area contributed by atoms with Gasteiger partial charge in [-0.3, -0.25) is 0 Å². The van der Waals surface area contributed by atoms with Crippen molar-refractivity contribution < 1.29 is 9.53 Å². The highest BCUT2D eigenvalue weighted by molar-refractivity contribution is 6.31. The van der Waals surface area contributed by atoms with Gasteiger partial charge in [0.15, 0.2) is 12.4 Å². The summed E-state index contributed by atoms with van der Waals surface area (Å²) in [4.78, 5) is 16.1. The van der Waals surface area contributed by atoms with Crippen LogP contribution in [0.3, 0.4) is 0 Å². The van der Waals surface area contributed by atoms with E-state index in [9.17, 15) is 4.79 Å². The maximum atomic E-state index is 12.9. The van der Waals surface area contributed by atoms with E-state index < -0.39 is 6.10 Å². The highest BCUT2D eigenvalue weighted by atomic mass is 35.5. The molecule has 0 aliphatic carbocycles. The minimum Gasteiger partial charge on any atom is -0.439 e. The first kappa shape index (κ1) is 20.3. The molecule has 1 aliphatic heterocycles. The number of halogens is 1. The van der Waals surface area contributed by atoms with Gasteiger partial charge in [0.25, 0.3) is 0 Å². The topological polar surface area (TPSA) is 73.1 Å². The summed E-state index contributed by atoms with van der Waals surface area (Å²) >= 11 is 6.35. The molecule has 1 atom stereocenters. The second-order valence-electron chi connectivity index (χ2n) is 7.50. The fraction of sp³-hybridized carbons (Fsp3) is 0.364. The third kappa shape index (κ3) is 5.16. The number of amides is 1. The van der Waals surface area contributed by atoms with E-state index in [0.29, 0.717) is 24.0 Å². The van der Waals surface area contributed by atoms with Crippen molar-refractivity contribution in [1.29, 1.82) is 0 Å². The van der Waals surface area contributed by atoms with Gasteiger partial charge >= 0.3 is 6.09 Å². The van der Waals surface area contributed by atoms with Crippen LogP contribution in [0.5, 0.6) is 0 Å². The van der Waals surface area contributed by atoms with Crippen molar-refractivity contribution in [2.45, 2.75) is 31.9 Å². The summed E-state index contributed by atoms with van der Waals surface area (Å²) in [7, 11) is 0. The van der Waals surface area contributed by atoms with Crippen molar-refractivity contribution in [3.8, 4) is 0 Å². The van der Waals surface area contributed by atoms with E-state index >= 15 is 0 Å². The van der Waals surface area contributed by atoms with Crippen LogP contribution in [-0.4, -0.2) is 44.3 Å². The Morgan fingerprint density at radius 3 is 2.53 bits per heavy atom. The number of nitrogens with zero attached hydrogens (tertiary/aromatic N) is 5. The number of aromatic nitrogens is 4. The highest BCUT2D eigenvalue weighted by Gasteiger charge is 2.28. The van der Waals surface area contributed by atoms with E-state index in [-0.39, 0.29) is 12.6 Å². The summed E-state index contributed by atoms with van der Waals surface area (Å²) in [6.45, 7) is 1.63. The summed E-state index contributed by atoms with van der Waals surface area (Å²) in [5, 5.41) is 12.2. The summed E-state index contributed by atoms with van der Waals surface area (Å²) < 4.78 is 5.86. The summed E-state index contributed by atoms with van der Waals surface area (Å²) in [5.41, 5.74) is 2.07. The van der Waals surface area contributed by atoms with Gasteiger partial charge in [0.1, 0.15) is 6.54 Å². The zero-order valence-corrected chi connectivity index (χ0v) is 17.4. The van der Waals surface area contributed by atoms with Crippen LogP contribution in [0.4, 0.5) is 4.79 Å². The molecule has 4 rings (SSSR count). The first-order valence-electron chi connectivity index (χ1n) is 10.1. The first-order valence-corrected chi connectivity index (χ1v) is 10.5. The number of benzene rings is 2. The fourth-order valence-electron chi connectivity index (χ4n) is 3.82. The molecule has 1 fully saturated rings. The van der Waals surface area contributed by atoms with Gasteiger partial charge in [-0.05, 0) is 42.0 Å². The van der Waals surface area contributed by atoms with Crippen molar-refractivity contribution in [2.75, 3.05) is 13.1 Å². The van der Waals surface area contributed by atoms with Gasteiger partial charge in [-0.2, -0.15) is 4.80 Å². The number of ether oxygens (including phenoxy) is 1. The molecule has 0 bridgehead atoms. The van der Waals surface area contributed by atoms with E-state index in [1.54, 1.807) is 11.0 Å². The second kappa shape index (κ2) is 9.71. The molecule has 0 N–H and O–H groups in total. The molecule has 1 saturated heterocycles. The summed E-state index contributed by atoms with van der Waals surface area (Å²) in [6, 6.07) is 17.8. The van der Waals surface area contributed by atoms with Gasteiger partial charge in [0, 0.05) is 23.7 Å². The standard InChI is InChI=1S/C22H24ClN5O2/c23-20-9-5-4-8-19(20)21(15-28-25-16-24-26-28)30-22(29)27-12-10-18(11-13-27)14-17-6-2-1-3-7-17/h1-9,16,18,21H,10-15H2. The zero-order valence-electron chi connectivity index (χ0n) is 16.6. The first-order chi connectivity index (χ1) is 14.7. The molecule has 156 valence electrons. The van der Waals surface area contributed by atoms with Crippen LogP contribution >= 0.6 is 11.6 Å². The van der Waals surface area contributed by atoms with Crippen molar-refractivity contribution in [3.63, 3.8) is 0 Å².